The van der Waals surface area contributed by atoms with Crippen molar-refractivity contribution < 1.29 is 8.42 Å². The number of benzene rings is 1. The Bertz CT molecular complexity index is 1090. The van der Waals surface area contributed by atoms with Gasteiger partial charge in [-0.05, 0) is 38.3 Å². The van der Waals surface area contributed by atoms with Gasteiger partial charge in [0, 0.05) is 32.2 Å². The largest absolute Gasteiger partial charge is 0.286 e. The summed E-state index contributed by atoms with van der Waals surface area (Å²) in [5, 5.41) is 12.6. The topological polar surface area (TPSA) is 85.9 Å². The Labute approximate surface area is 164 Å². The van der Waals surface area contributed by atoms with Crippen LogP contribution >= 0.6 is 0 Å². The van der Waals surface area contributed by atoms with Crippen LogP contribution in [-0.4, -0.2) is 50.4 Å². The molecule has 1 atom stereocenters. The first-order chi connectivity index (χ1) is 13.4. The monoisotopic (exact) mass is 400 g/mol. The second-order valence-corrected chi connectivity index (χ2v) is 9.17. The zero-order chi connectivity index (χ0) is 19.9. The quantitative estimate of drug-likeness (QED) is 0.653. The Kier molecular flexibility index (Phi) is 4.80. The maximum atomic E-state index is 13.2. The molecule has 1 aliphatic rings. The summed E-state index contributed by atoms with van der Waals surface area (Å²) in [6.07, 6.45) is 3.20. The fraction of sp³-hybridized carbons (Fsp3) is 0.421. The van der Waals surface area contributed by atoms with Crippen LogP contribution in [-0.2, 0) is 23.5 Å². The molecule has 4 rings (SSSR count). The fourth-order valence-corrected chi connectivity index (χ4v) is 5.83. The SMILES string of the molecule is Cc1nn(C)c(C)c1S(=O)(=O)N1CCC(Cc2nncn2-c2ccccc2)C1. The van der Waals surface area contributed by atoms with Gasteiger partial charge in [-0.2, -0.15) is 9.40 Å². The van der Waals surface area contributed by atoms with Crippen LogP contribution in [0.3, 0.4) is 0 Å². The number of hydrogen-bond donors (Lipinski definition) is 0. The molecule has 0 aliphatic carbocycles. The van der Waals surface area contributed by atoms with E-state index in [2.05, 4.69) is 15.3 Å². The van der Waals surface area contributed by atoms with E-state index in [1.54, 1.807) is 36.2 Å². The third-order valence-electron chi connectivity index (χ3n) is 5.41. The van der Waals surface area contributed by atoms with Crippen LogP contribution in [0.5, 0.6) is 0 Å². The van der Waals surface area contributed by atoms with E-state index < -0.39 is 10.0 Å². The highest BCUT2D eigenvalue weighted by atomic mass is 32.2. The smallest absolute Gasteiger partial charge is 0.246 e. The molecule has 1 unspecified atom stereocenters. The lowest BCUT2D eigenvalue weighted by atomic mass is 10.0. The van der Waals surface area contributed by atoms with Crippen molar-refractivity contribution in [2.24, 2.45) is 13.0 Å². The van der Waals surface area contributed by atoms with Crippen LogP contribution in [0.2, 0.25) is 0 Å². The minimum absolute atomic E-state index is 0.207. The van der Waals surface area contributed by atoms with Gasteiger partial charge < -0.3 is 0 Å². The summed E-state index contributed by atoms with van der Waals surface area (Å²) in [6, 6.07) is 9.93. The molecule has 28 heavy (non-hydrogen) atoms. The average molecular weight is 401 g/mol. The van der Waals surface area contributed by atoms with Gasteiger partial charge in [0.2, 0.25) is 10.0 Å². The van der Waals surface area contributed by atoms with E-state index in [1.807, 2.05) is 34.9 Å². The van der Waals surface area contributed by atoms with Gasteiger partial charge in [-0.3, -0.25) is 9.25 Å². The van der Waals surface area contributed by atoms with Gasteiger partial charge in [0.1, 0.15) is 17.0 Å². The van der Waals surface area contributed by atoms with E-state index in [1.165, 1.54) is 0 Å². The number of para-hydroxylation sites is 1. The van der Waals surface area contributed by atoms with Crippen molar-refractivity contribution in [1.29, 1.82) is 0 Å². The molecule has 1 saturated heterocycles. The molecule has 1 fully saturated rings. The first-order valence-electron chi connectivity index (χ1n) is 9.32. The lowest BCUT2D eigenvalue weighted by Crippen LogP contribution is -2.30. The van der Waals surface area contributed by atoms with Crippen LogP contribution in [0.25, 0.3) is 5.69 Å². The van der Waals surface area contributed by atoms with Crippen LogP contribution in [0.1, 0.15) is 23.6 Å². The molecular formula is C19H24N6O2S. The minimum atomic E-state index is -3.55. The van der Waals surface area contributed by atoms with E-state index in [0.29, 0.717) is 35.8 Å². The second kappa shape index (κ2) is 7.14. The Morgan fingerprint density at radius 3 is 2.61 bits per heavy atom. The van der Waals surface area contributed by atoms with Crippen molar-refractivity contribution in [3.8, 4) is 5.69 Å². The van der Waals surface area contributed by atoms with Crippen molar-refractivity contribution in [1.82, 2.24) is 28.9 Å². The molecule has 0 amide bonds. The van der Waals surface area contributed by atoms with Gasteiger partial charge in [0.25, 0.3) is 0 Å². The molecule has 148 valence electrons. The van der Waals surface area contributed by atoms with Gasteiger partial charge in [-0.25, -0.2) is 8.42 Å². The van der Waals surface area contributed by atoms with Crippen LogP contribution < -0.4 is 0 Å². The van der Waals surface area contributed by atoms with Gasteiger partial charge >= 0.3 is 0 Å². The van der Waals surface area contributed by atoms with Crippen LogP contribution in [0.15, 0.2) is 41.6 Å². The molecule has 0 bridgehead atoms. The third kappa shape index (κ3) is 3.24. The molecule has 1 aromatic carbocycles. The summed E-state index contributed by atoms with van der Waals surface area (Å²) in [7, 11) is -1.78. The van der Waals surface area contributed by atoms with Crippen LogP contribution in [0.4, 0.5) is 0 Å². The first-order valence-corrected chi connectivity index (χ1v) is 10.8. The number of hydrogen-bond acceptors (Lipinski definition) is 5. The molecule has 2 aromatic heterocycles. The number of aromatic nitrogens is 5. The van der Waals surface area contributed by atoms with Crippen molar-refractivity contribution in [2.45, 2.75) is 31.6 Å². The molecule has 9 heteroatoms. The number of aryl methyl sites for hydroxylation is 2. The molecular weight excluding hydrogens is 376 g/mol. The minimum Gasteiger partial charge on any atom is -0.286 e. The zero-order valence-electron chi connectivity index (χ0n) is 16.3. The van der Waals surface area contributed by atoms with Gasteiger partial charge in [0.15, 0.2) is 0 Å². The predicted octanol–water partition coefficient (Wildman–Crippen LogP) is 1.87. The maximum absolute atomic E-state index is 13.2. The Balaban J connectivity index is 1.52. The van der Waals surface area contributed by atoms with E-state index >= 15 is 0 Å². The van der Waals surface area contributed by atoms with Crippen molar-refractivity contribution in [3.05, 3.63) is 53.9 Å². The molecule has 0 saturated carbocycles. The Hall–Kier alpha value is -2.52. The van der Waals surface area contributed by atoms with Crippen LogP contribution in [0, 0.1) is 19.8 Å². The summed E-state index contributed by atoms with van der Waals surface area (Å²) < 4.78 is 31.5. The van der Waals surface area contributed by atoms with Crippen molar-refractivity contribution >= 4 is 10.0 Å². The summed E-state index contributed by atoms with van der Waals surface area (Å²) in [4.78, 5) is 0.336. The maximum Gasteiger partial charge on any atom is 0.246 e. The molecule has 1 aliphatic heterocycles. The molecule has 8 nitrogen and oxygen atoms in total. The normalized spacial score (nSPS) is 18.0. The van der Waals surface area contributed by atoms with Gasteiger partial charge in [-0.1, -0.05) is 18.2 Å². The predicted molar refractivity (Wildman–Crippen MR) is 105 cm³/mol. The number of nitrogens with zero attached hydrogens (tertiary/aromatic N) is 6. The highest BCUT2D eigenvalue weighted by Crippen LogP contribution is 2.29. The van der Waals surface area contributed by atoms with Gasteiger partial charge in [0.05, 0.1) is 11.4 Å². The van der Waals surface area contributed by atoms with Crippen molar-refractivity contribution in [2.75, 3.05) is 13.1 Å². The molecule has 0 spiro atoms. The van der Waals surface area contributed by atoms with E-state index in [9.17, 15) is 8.42 Å². The third-order valence-corrected chi connectivity index (χ3v) is 7.53. The molecule has 3 heterocycles. The summed E-state index contributed by atoms with van der Waals surface area (Å²) in [5.74, 6) is 1.06. The Morgan fingerprint density at radius 1 is 1.18 bits per heavy atom. The van der Waals surface area contributed by atoms with Gasteiger partial charge in [-0.15, -0.1) is 10.2 Å². The van der Waals surface area contributed by atoms with Crippen molar-refractivity contribution in [3.63, 3.8) is 0 Å². The summed E-state index contributed by atoms with van der Waals surface area (Å²) in [6.45, 7) is 4.54. The van der Waals surface area contributed by atoms with E-state index in [0.717, 1.165) is 17.9 Å². The number of rotatable bonds is 5. The highest BCUT2D eigenvalue weighted by molar-refractivity contribution is 7.89. The zero-order valence-corrected chi connectivity index (χ0v) is 17.1. The average Bonchev–Trinajstić information content (AvgIpc) is 3.37. The highest BCUT2D eigenvalue weighted by Gasteiger charge is 2.36. The van der Waals surface area contributed by atoms with E-state index in [-0.39, 0.29) is 5.92 Å². The lowest BCUT2D eigenvalue weighted by molar-refractivity contribution is 0.451. The number of sulfonamides is 1. The summed E-state index contributed by atoms with van der Waals surface area (Å²) >= 11 is 0. The lowest BCUT2D eigenvalue weighted by Gasteiger charge is -2.17. The molecule has 3 aromatic rings. The standard InChI is InChI=1S/C19H24N6O2S/c1-14-19(15(2)23(3)22-14)28(26,27)24-10-9-16(12-24)11-18-21-20-13-25(18)17-7-5-4-6-8-17/h4-8,13,16H,9-12H2,1-3H3. The fourth-order valence-electron chi connectivity index (χ4n) is 3.90. The molecule has 0 N–H and O–H groups in total. The second-order valence-electron chi connectivity index (χ2n) is 7.30. The summed E-state index contributed by atoms with van der Waals surface area (Å²) in [5.41, 5.74) is 2.23. The van der Waals surface area contributed by atoms with E-state index in [4.69, 9.17) is 0 Å². The molecule has 0 radical (unpaired) electrons. The first kappa shape index (κ1) is 18.8. The Morgan fingerprint density at radius 2 is 1.93 bits per heavy atom.